The number of amides is 1. The Labute approximate surface area is 113 Å². The van der Waals surface area contributed by atoms with E-state index in [2.05, 4.69) is 6.92 Å². The largest absolute Gasteiger partial charge is 0.339 e. The maximum absolute atomic E-state index is 12.0. The monoisotopic (exact) mass is 263 g/mol. The molecular formula is C15H18ClNO. The zero-order valence-corrected chi connectivity index (χ0v) is 11.4. The molecule has 3 heteroatoms. The van der Waals surface area contributed by atoms with Crippen molar-refractivity contribution in [2.24, 2.45) is 5.92 Å². The number of rotatable bonds is 2. The van der Waals surface area contributed by atoms with E-state index in [1.165, 1.54) is 0 Å². The second-order valence-electron chi connectivity index (χ2n) is 4.86. The number of hydrogen-bond acceptors (Lipinski definition) is 1. The molecule has 18 heavy (non-hydrogen) atoms. The molecule has 0 aliphatic carbocycles. The number of halogens is 1. The molecule has 1 aliphatic heterocycles. The van der Waals surface area contributed by atoms with E-state index >= 15 is 0 Å². The molecule has 0 saturated carbocycles. The van der Waals surface area contributed by atoms with E-state index in [-0.39, 0.29) is 5.91 Å². The van der Waals surface area contributed by atoms with E-state index in [0.717, 1.165) is 37.4 Å². The van der Waals surface area contributed by atoms with Gasteiger partial charge in [-0.2, -0.15) is 0 Å². The van der Waals surface area contributed by atoms with Crippen LogP contribution in [0.3, 0.4) is 0 Å². The van der Waals surface area contributed by atoms with Gasteiger partial charge in [-0.25, -0.2) is 0 Å². The standard InChI is InChI=1S/C15H18ClNO/c1-12-8-10-17(11-9-12)15(18)7-6-13-4-2-3-5-14(13)16/h2-7,12H,8-11H2,1H3. The minimum atomic E-state index is 0.0850. The van der Waals surface area contributed by atoms with Gasteiger partial charge in [0.2, 0.25) is 5.91 Å². The van der Waals surface area contributed by atoms with Crippen molar-refractivity contribution in [1.82, 2.24) is 4.90 Å². The number of likely N-dealkylation sites (tertiary alicyclic amines) is 1. The fourth-order valence-corrected chi connectivity index (χ4v) is 2.30. The van der Waals surface area contributed by atoms with Gasteiger partial charge >= 0.3 is 0 Å². The summed E-state index contributed by atoms with van der Waals surface area (Å²) < 4.78 is 0. The van der Waals surface area contributed by atoms with Crippen molar-refractivity contribution in [3.8, 4) is 0 Å². The first kappa shape index (κ1) is 13.2. The van der Waals surface area contributed by atoms with E-state index in [0.29, 0.717) is 5.02 Å². The molecule has 1 aromatic carbocycles. The van der Waals surface area contributed by atoms with Gasteiger partial charge in [-0.05, 0) is 36.5 Å². The van der Waals surface area contributed by atoms with Gasteiger partial charge in [0.25, 0.3) is 0 Å². The topological polar surface area (TPSA) is 20.3 Å². The van der Waals surface area contributed by atoms with Gasteiger partial charge < -0.3 is 4.90 Å². The van der Waals surface area contributed by atoms with Crippen LogP contribution < -0.4 is 0 Å². The lowest BCUT2D eigenvalue weighted by Crippen LogP contribution is -2.36. The minimum Gasteiger partial charge on any atom is -0.339 e. The SMILES string of the molecule is CC1CCN(C(=O)C=Cc2ccccc2Cl)CC1. The molecule has 0 radical (unpaired) electrons. The summed E-state index contributed by atoms with van der Waals surface area (Å²) in [6, 6.07) is 7.53. The van der Waals surface area contributed by atoms with Crippen molar-refractivity contribution < 1.29 is 4.79 Å². The fourth-order valence-electron chi connectivity index (χ4n) is 2.11. The summed E-state index contributed by atoms with van der Waals surface area (Å²) in [6.45, 7) is 3.97. The van der Waals surface area contributed by atoms with Crippen molar-refractivity contribution in [3.05, 3.63) is 40.9 Å². The first-order valence-corrected chi connectivity index (χ1v) is 6.76. The Hall–Kier alpha value is -1.28. The molecule has 0 aromatic heterocycles. The Morgan fingerprint density at radius 3 is 2.67 bits per heavy atom. The van der Waals surface area contributed by atoms with Crippen molar-refractivity contribution in [2.45, 2.75) is 19.8 Å². The third kappa shape index (κ3) is 3.36. The van der Waals surface area contributed by atoms with Crippen LogP contribution in [0, 0.1) is 5.92 Å². The Balaban J connectivity index is 1.97. The highest BCUT2D eigenvalue weighted by atomic mass is 35.5. The van der Waals surface area contributed by atoms with E-state index in [1.54, 1.807) is 12.2 Å². The summed E-state index contributed by atoms with van der Waals surface area (Å²) in [5.74, 6) is 0.823. The highest BCUT2D eigenvalue weighted by molar-refractivity contribution is 6.32. The van der Waals surface area contributed by atoms with Crippen molar-refractivity contribution in [1.29, 1.82) is 0 Å². The van der Waals surface area contributed by atoms with Gasteiger partial charge in [0.05, 0.1) is 0 Å². The number of hydrogen-bond donors (Lipinski definition) is 0. The lowest BCUT2D eigenvalue weighted by atomic mass is 9.99. The molecule has 96 valence electrons. The Bertz CT molecular complexity index is 448. The number of benzene rings is 1. The molecule has 2 nitrogen and oxygen atoms in total. The summed E-state index contributed by atoms with van der Waals surface area (Å²) in [5, 5.41) is 0.675. The predicted molar refractivity (Wildman–Crippen MR) is 75.5 cm³/mol. The summed E-state index contributed by atoms with van der Waals surface area (Å²) in [7, 11) is 0. The van der Waals surface area contributed by atoms with Crippen LogP contribution in [0.5, 0.6) is 0 Å². The third-order valence-corrected chi connectivity index (χ3v) is 3.75. The van der Waals surface area contributed by atoms with Crippen LogP contribution in [0.15, 0.2) is 30.3 Å². The quantitative estimate of drug-likeness (QED) is 0.747. The van der Waals surface area contributed by atoms with Gasteiger partial charge in [0.15, 0.2) is 0 Å². The Morgan fingerprint density at radius 2 is 2.00 bits per heavy atom. The van der Waals surface area contributed by atoms with Crippen LogP contribution >= 0.6 is 11.6 Å². The molecule has 0 spiro atoms. The van der Waals surface area contributed by atoms with E-state index in [9.17, 15) is 4.79 Å². The Kier molecular flexibility index (Phi) is 4.43. The average Bonchev–Trinajstić information content (AvgIpc) is 2.38. The second-order valence-corrected chi connectivity index (χ2v) is 5.27. The predicted octanol–water partition coefficient (Wildman–Crippen LogP) is 3.61. The first-order valence-electron chi connectivity index (χ1n) is 6.38. The molecule has 0 bridgehead atoms. The van der Waals surface area contributed by atoms with E-state index in [1.807, 2.05) is 29.2 Å². The van der Waals surface area contributed by atoms with Crippen LogP contribution in [0.1, 0.15) is 25.3 Å². The third-order valence-electron chi connectivity index (χ3n) is 3.41. The molecular weight excluding hydrogens is 246 g/mol. The highest BCUT2D eigenvalue weighted by Crippen LogP contribution is 2.18. The van der Waals surface area contributed by atoms with Gasteiger partial charge in [-0.1, -0.05) is 36.7 Å². The van der Waals surface area contributed by atoms with Crippen LogP contribution in [-0.4, -0.2) is 23.9 Å². The molecule has 1 fully saturated rings. The molecule has 2 rings (SSSR count). The van der Waals surface area contributed by atoms with Gasteiger partial charge in [0, 0.05) is 24.2 Å². The molecule has 1 saturated heterocycles. The van der Waals surface area contributed by atoms with Crippen LogP contribution in [0.25, 0.3) is 6.08 Å². The minimum absolute atomic E-state index is 0.0850. The highest BCUT2D eigenvalue weighted by Gasteiger charge is 2.18. The van der Waals surface area contributed by atoms with Crippen molar-refractivity contribution >= 4 is 23.6 Å². The normalized spacial score (nSPS) is 17.3. The molecule has 0 atom stereocenters. The van der Waals surface area contributed by atoms with Gasteiger partial charge in [-0.15, -0.1) is 0 Å². The van der Waals surface area contributed by atoms with Gasteiger partial charge in [0.1, 0.15) is 0 Å². The van der Waals surface area contributed by atoms with Crippen LogP contribution in [0.4, 0.5) is 0 Å². The number of carbonyl (C=O) groups excluding carboxylic acids is 1. The lowest BCUT2D eigenvalue weighted by Gasteiger charge is -2.29. The molecule has 0 N–H and O–H groups in total. The van der Waals surface area contributed by atoms with Crippen molar-refractivity contribution in [2.75, 3.05) is 13.1 Å². The zero-order valence-electron chi connectivity index (χ0n) is 10.6. The maximum Gasteiger partial charge on any atom is 0.246 e. The summed E-state index contributed by atoms with van der Waals surface area (Å²) in [6.07, 6.45) is 5.62. The zero-order chi connectivity index (χ0) is 13.0. The average molecular weight is 264 g/mol. The molecule has 1 amide bonds. The van der Waals surface area contributed by atoms with Crippen LogP contribution in [0.2, 0.25) is 5.02 Å². The second kappa shape index (κ2) is 6.05. The van der Waals surface area contributed by atoms with E-state index < -0.39 is 0 Å². The Morgan fingerprint density at radius 1 is 1.33 bits per heavy atom. The fraction of sp³-hybridized carbons (Fsp3) is 0.400. The molecule has 0 unspecified atom stereocenters. The van der Waals surface area contributed by atoms with Gasteiger partial charge in [-0.3, -0.25) is 4.79 Å². The number of piperidine rings is 1. The van der Waals surface area contributed by atoms with Crippen LogP contribution in [-0.2, 0) is 4.79 Å². The summed E-state index contributed by atoms with van der Waals surface area (Å²) >= 11 is 6.04. The van der Waals surface area contributed by atoms with Crippen molar-refractivity contribution in [3.63, 3.8) is 0 Å². The molecule has 1 heterocycles. The molecule has 1 aromatic rings. The maximum atomic E-state index is 12.0. The van der Waals surface area contributed by atoms with E-state index in [4.69, 9.17) is 11.6 Å². The smallest absolute Gasteiger partial charge is 0.246 e. The first-order chi connectivity index (χ1) is 8.66. The summed E-state index contributed by atoms with van der Waals surface area (Å²) in [5.41, 5.74) is 0.887. The number of nitrogens with zero attached hydrogens (tertiary/aromatic N) is 1. The molecule has 1 aliphatic rings. The lowest BCUT2D eigenvalue weighted by molar-refractivity contribution is -0.127. The number of carbonyl (C=O) groups is 1. The summed E-state index contributed by atoms with van der Waals surface area (Å²) in [4.78, 5) is 13.9.